The third kappa shape index (κ3) is 3.63. The summed E-state index contributed by atoms with van der Waals surface area (Å²) in [7, 11) is 0. The first-order valence-corrected chi connectivity index (χ1v) is 7.26. The molecule has 0 saturated heterocycles. The molecule has 2 saturated carbocycles. The monoisotopic (exact) mass is 249 g/mol. The Bertz CT molecular complexity index is 311. The number of carbonyl (C=O) groups excluding carboxylic acids is 1. The first kappa shape index (κ1) is 13.2. The summed E-state index contributed by atoms with van der Waals surface area (Å²) in [5, 5.41) is 15.0. The Morgan fingerprint density at radius 2 is 1.67 bits per heavy atom. The van der Waals surface area contributed by atoms with Crippen molar-refractivity contribution in [3.8, 4) is 6.07 Å². The normalized spacial score (nSPS) is 23.3. The summed E-state index contributed by atoms with van der Waals surface area (Å²) in [6.07, 6.45) is 10.4. The van der Waals surface area contributed by atoms with Gasteiger partial charge in [0, 0.05) is 6.04 Å². The Labute approximate surface area is 109 Å². The number of nitriles is 1. The largest absolute Gasteiger partial charge is 0.335 e. The van der Waals surface area contributed by atoms with Crippen LogP contribution in [-0.4, -0.2) is 18.1 Å². The Morgan fingerprint density at radius 3 is 2.28 bits per heavy atom. The lowest BCUT2D eigenvalue weighted by Crippen LogP contribution is -2.47. The molecule has 2 amide bonds. The Kier molecular flexibility index (Phi) is 4.86. The van der Waals surface area contributed by atoms with E-state index in [9.17, 15) is 10.1 Å². The number of urea groups is 1. The van der Waals surface area contributed by atoms with Gasteiger partial charge in [0.05, 0.1) is 6.07 Å². The molecule has 0 aliphatic heterocycles. The number of nitrogens with one attached hydrogen (secondary N) is 2. The second-order valence-electron chi connectivity index (χ2n) is 5.60. The summed E-state index contributed by atoms with van der Waals surface area (Å²) in [5.74, 6) is 0.345. The van der Waals surface area contributed by atoms with Crippen LogP contribution in [0.5, 0.6) is 0 Å². The first-order valence-electron chi connectivity index (χ1n) is 7.26. The van der Waals surface area contributed by atoms with Gasteiger partial charge < -0.3 is 10.6 Å². The second-order valence-corrected chi connectivity index (χ2v) is 5.60. The number of amides is 2. The van der Waals surface area contributed by atoms with Gasteiger partial charge in [0.1, 0.15) is 6.04 Å². The van der Waals surface area contributed by atoms with Gasteiger partial charge in [0.15, 0.2) is 0 Å². The van der Waals surface area contributed by atoms with Gasteiger partial charge in [0.2, 0.25) is 0 Å². The van der Waals surface area contributed by atoms with E-state index in [0.717, 1.165) is 25.7 Å². The van der Waals surface area contributed by atoms with Crippen LogP contribution in [0.15, 0.2) is 0 Å². The second kappa shape index (κ2) is 6.63. The fourth-order valence-corrected chi connectivity index (χ4v) is 3.16. The SMILES string of the molecule is N#CC(NC(=O)NC1CCCC1)C1CCCCC1. The molecule has 0 heterocycles. The van der Waals surface area contributed by atoms with Crippen molar-refractivity contribution in [1.82, 2.24) is 10.6 Å². The highest BCUT2D eigenvalue weighted by Crippen LogP contribution is 2.26. The lowest BCUT2D eigenvalue weighted by molar-refractivity contribution is 0.226. The number of hydrogen-bond donors (Lipinski definition) is 2. The van der Waals surface area contributed by atoms with E-state index >= 15 is 0 Å². The van der Waals surface area contributed by atoms with Gasteiger partial charge in [-0.3, -0.25) is 0 Å². The molecule has 0 aromatic heterocycles. The zero-order valence-corrected chi connectivity index (χ0v) is 11.0. The van der Waals surface area contributed by atoms with Crippen LogP contribution in [-0.2, 0) is 0 Å². The number of nitrogens with zero attached hydrogens (tertiary/aromatic N) is 1. The van der Waals surface area contributed by atoms with Crippen LogP contribution in [0, 0.1) is 17.2 Å². The molecule has 2 N–H and O–H groups in total. The van der Waals surface area contributed by atoms with Crippen molar-refractivity contribution in [3.05, 3.63) is 0 Å². The summed E-state index contributed by atoms with van der Waals surface area (Å²) in [6, 6.07) is 2.10. The van der Waals surface area contributed by atoms with Gasteiger partial charge >= 0.3 is 6.03 Å². The van der Waals surface area contributed by atoms with Crippen molar-refractivity contribution in [2.24, 2.45) is 5.92 Å². The fourth-order valence-electron chi connectivity index (χ4n) is 3.16. The number of rotatable bonds is 3. The number of carbonyl (C=O) groups is 1. The fraction of sp³-hybridized carbons (Fsp3) is 0.857. The molecule has 2 rings (SSSR count). The minimum Gasteiger partial charge on any atom is -0.335 e. The maximum absolute atomic E-state index is 11.8. The highest BCUT2D eigenvalue weighted by Gasteiger charge is 2.26. The van der Waals surface area contributed by atoms with Crippen molar-refractivity contribution in [2.75, 3.05) is 0 Å². The molecule has 2 aliphatic rings. The molecular weight excluding hydrogens is 226 g/mol. The molecule has 1 unspecified atom stereocenters. The van der Waals surface area contributed by atoms with E-state index < -0.39 is 0 Å². The smallest absolute Gasteiger partial charge is 0.316 e. The predicted molar refractivity (Wildman–Crippen MR) is 69.9 cm³/mol. The Hall–Kier alpha value is -1.24. The maximum Gasteiger partial charge on any atom is 0.316 e. The molecule has 2 fully saturated rings. The van der Waals surface area contributed by atoms with Crippen LogP contribution in [0.1, 0.15) is 57.8 Å². The third-order valence-corrected chi connectivity index (χ3v) is 4.24. The summed E-state index contributed by atoms with van der Waals surface area (Å²) in [5.41, 5.74) is 0. The van der Waals surface area contributed by atoms with Crippen molar-refractivity contribution in [2.45, 2.75) is 69.9 Å². The minimum atomic E-state index is -0.313. The van der Waals surface area contributed by atoms with Crippen molar-refractivity contribution < 1.29 is 4.79 Å². The van der Waals surface area contributed by atoms with Gasteiger partial charge in [-0.2, -0.15) is 5.26 Å². The van der Waals surface area contributed by atoms with Gasteiger partial charge in [0.25, 0.3) is 0 Å². The molecule has 18 heavy (non-hydrogen) atoms. The van der Waals surface area contributed by atoms with Crippen molar-refractivity contribution in [3.63, 3.8) is 0 Å². The quantitative estimate of drug-likeness (QED) is 0.807. The Balaban J connectivity index is 1.77. The van der Waals surface area contributed by atoms with E-state index in [1.807, 2.05) is 0 Å². The summed E-state index contributed by atoms with van der Waals surface area (Å²) in [4.78, 5) is 11.8. The molecule has 4 nitrogen and oxygen atoms in total. The highest BCUT2D eigenvalue weighted by atomic mass is 16.2. The van der Waals surface area contributed by atoms with E-state index in [1.165, 1.54) is 32.1 Å². The zero-order valence-electron chi connectivity index (χ0n) is 11.0. The average Bonchev–Trinajstić information content (AvgIpc) is 2.90. The molecule has 0 aromatic carbocycles. The first-order chi connectivity index (χ1) is 8.79. The van der Waals surface area contributed by atoms with Crippen LogP contribution in [0.3, 0.4) is 0 Å². The Morgan fingerprint density at radius 1 is 1.06 bits per heavy atom. The zero-order chi connectivity index (χ0) is 12.8. The van der Waals surface area contributed by atoms with Gasteiger partial charge in [-0.1, -0.05) is 32.1 Å². The molecule has 0 aromatic rings. The predicted octanol–water partition coefficient (Wildman–Crippen LogP) is 2.70. The van der Waals surface area contributed by atoms with E-state index in [0.29, 0.717) is 12.0 Å². The molecule has 2 aliphatic carbocycles. The molecule has 1 atom stereocenters. The van der Waals surface area contributed by atoms with E-state index in [-0.39, 0.29) is 12.1 Å². The highest BCUT2D eigenvalue weighted by molar-refractivity contribution is 5.75. The van der Waals surface area contributed by atoms with Gasteiger partial charge in [-0.25, -0.2) is 4.79 Å². The molecule has 100 valence electrons. The molecule has 0 bridgehead atoms. The topological polar surface area (TPSA) is 64.9 Å². The van der Waals surface area contributed by atoms with Gasteiger partial charge in [-0.15, -0.1) is 0 Å². The number of hydrogen-bond acceptors (Lipinski definition) is 2. The third-order valence-electron chi connectivity index (χ3n) is 4.24. The van der Waals surface area contributed by atoms with Crippen LogP contribution in [0.4, 0.5) is 4.79 Å². The molecule has 0 radical (unpaired) electrons. The van der Waals surface area contributed by atoms with Crippen LogP contribution < -0.4 is 10.6 Å². The summed E-state index contributed by atoms with van der Waals surface area (Å²) in [6.45, 7) is 0. The van der Waals surface area contributed by atoms with E-state index in [2.05, 4.69) is 16.7 Å². The summed E-state index contributed by atoms with van der Waals surface area (Å²) >= 11 is 0. The van der Waals surface area contributed by atoms with Gasteiger partial charge in [-0.05, 0) is 31.6 Å². The van der Waals surface area contributed by atoms with Crippen molar-refractivity contribution in [1.29, 1.82) is 5.26 Å². The average molecular weight is 249 g/mol. The van der Waals surface area contributed by atoms with Crippen molar-refractivity contribution >= 4 is 6.03 Å². The molecule has 4 heteroatoms. The van der Waals surface area contributed by atoms with Crippen LogP contribution in [0.25, 0.3) is 0 Å². The van der Waals surface area contributed by atoms with E-state index in [4.69, 9.17) is 0 Å². The molecular formula is C14H23N3O. The van der Waals surface area contributed by atoms with Crippen LogP contribution in [0.2, 0.25) is 0 Å². The minimum absolute atomic E-state index is 0.154. The van der Waals surface area contributed by atoms with E-state index in [1.54, 1.807) is 0 Å². The lowest BCUT2D eigenvalue weighted by atomic mass is 9.84. The van der Waals surface area contributed by atoms with Crippen LogP contribution >= 0.6 is 0 Å². The summed E-state index contributed by atoms with van der Waals surface area (Å²) < 4.78 is 0. The lowest BCUT2D eigenvalue weighted by Gasteiger charge is -2.26. The molecule has 0 spiro atoms. The maximum atomic E-state index is 11.8. The standard InChI is InChI=1S/C14H23N3O/c15-10-13(11-6-2-1-3-7-11)17-14(18)16-12-8-4-5-9-12/h11-13H,1-9H2,(H2,16,17,18).